The van der Waals surface area contributed by atoms with Gasteiger partial charge < -0.3 is 10.4 Å². The van der Waals surface area contributed by atoms with Crippen LogP contribution in [-0.2, 0) is 0 Å². The smallest absolute Gasteiger partial charge is 0.127 e. The minimum atomic E-state index is -0.264. The van der Waals surface area contributed by atoms with Gasteiger partial charge in [-0.05, 0) is 25.5 Å². The molecule has 3 nitrogen and oxygen atoms in total. The van der Waals surface area contributed by atoms with Crippen molar-refractivity contribution in [1.29, 1.82) is 0 Å². The van der Waals surface area contributed by atoms with Crippen LogP contribution in [0.5, 0.6) is 0 Å². The molecule has 0 saturated heterocycles. The lowest BCUT2D eigenvalue weighted by atomic mass is 10.3. The lowest BCUT2D eigenvalue weighted by Crippen LogP contribution is -2.10. The quantitative estimate of drug-likeness (QED) is 0.853. The van der Waals surface area contributed by atoms with Crippen molar-refractivity contribution < 1.29 is 5.11 Å². The molecule has 0 fully saturated rings. The Labute approximate surface area is 86.3 Å². The number of hydrogen-bond acceptors (Lipinski definition) is 3. The Balaban J connectivity index is 2.37. The van der Waals surface area contributed by atoms with Crippen LogP contribution in [0.2, 0.25) is 0 Å². The van der Waals surface area contributed by atoms with E-state index < -0.39 is 0 Å². The van der Waals surface area contributed by atoms with Gasteiger partial charge in [-0.15, -0.1) is 0 Å². The summed E-state index contributed by atoms with van der Waals surface area (Å²) in [6, 6.07) is 3.78. The number of hydrogen-bond donors (Lipinski definition) is 2. The predicted octanol–water partition coefficient (Wildman–Crippen LogP) is 2.03. The third kappa shape index (κ3) is 4.24. The number of halogens is 1. The van der Waals surface area contributed by atoms with Crippen molar-refractivity contribution >= 4 is 21.7 Å². The summed E-state index contributed by atoms with van der Waals surface area (Å²) in [7, 11) is 0. The fourth-order valence-electron chi connectivity index (χ4n) is 0.911. The van der Waals surface area contributed by atoms with Gasteiger partial charge in [-0.25, -0.2) is 4.98 Å². The zero-order valence-electron chi connectivity index (χ0n) is 7.50. The number of aliphatic hydroxyl groups excluding tert-OH is 1. The minimum Gasteiger partial charge on any atom is -0.393 e. The SMILES string of the molecule is C[C@@H](O)CCNc1cc(Br)ccn1. The van der Waals surface area contributed by atoms with Gasteiger partial charge in [-0.2, -0.15) is 0 Å². The number of aromatic nitrogens is 1. The first kappa shape index (κ1) is 10.5. The highest BCUT2D eigenvalue weighted by atomic mass is 79.9. The Kier molecular flexibility index (Phi) is 4.18. The van der Waals surface area contributed by atoms with Crippen molar-refractivity contribution in [1.82, 2.24) is 4.98 Å². The number of anilines is 1. The minimum absolute atomic E-state index is 0.264. The van der Waals surface area contributed by atoms with E-state index in [9.17, 15) is 0 Å². The van der Waals surface area contributed by atoms with Gasteiger partial charge in [0.25, 0.3) is 0 Å². The maximum absolute atomic E-state index is 9.02. The first-order valence-corrected chi connectivity index (χ1v) is 5.01. The molecule has 1 atom stereocenters. The molecule has 0 unspecified atom stereocenters. The van der Waals surface area contributed by atoms with Crippen molar-refractivity contribution in [3.63, 3.8) is 0 Å². The van der Waals surface area contributed by atoms with Gasteiger partial charge >= 0.3 is 0 Å². The van der Waals surface area contributed by atoms with Crippen LogP contribution in [-0.4, -0.2) is 22.7 Å². The lowest BCUT2D eigenvalue weighted by molar-refractivity contribution is 0.188. The van der Waals surface area contributed by atoms with Gasteiger partial charge in [-0.1, -0.05) is 15.9 Å². The Bertz CT molecular complexity index is 266. The highest BCUT2D eigenvalue weighted by Gasteiger charge is 1.96. The van der Waals surface area contributed by atoms with Crippen molar-refractivity contribution in [2.45, 2.75) is 19.4 Å². The second-order valence-corrected chi connectivity index (χ2v) is 3.84. The van der Waals surface area contributed by atoms with E-state index in [0.717, 1.165) is 23.3 Å². The summed E-state index contributed by atoms with van der Waals surface area (Å²) in [6.45, 7) is 2.51. The second-order valence-electron chi connectivity index (χ2n) is 2.92. The molecule has 0 aliphatic heterocycles. The molecule has 0 saturated carbocycles. The molecule has 0 aliphatic carbocycles. The normalized spacial score (nSPS) is 12.5. The van der Waals surface area contributed by atoms with Crippen LogP contribution in [0, 0.1) is 0 Å². The summed E-state index contributed by atoms with van der Waals surface area (Å²) >= 11 is 3.35. The fraction of sp³-hybridized carbons (Fsp3) is 0.444. The van der Waals surface area contributed by atoms with Crippen LogP contribution in [0.1, 0.15) is 13.3 Å². The van der Waals surface area contributed by atoms with Crippen molar-refractivity contribution in [3.05, 3.63) is 22.8 Å². The lowest BCUT2D eigenvalue weighted by Gasteiger charge is -2.06. The standard InChI is InChI=1S/C9H13BrN2O/c1-7(13)2-4-11-9-6-8(10)3-5-12-9/h3,5-7,13H,2,4H2,1H3,(H,11,12)/t7-/m1/s1. The van der Waals surface area contributed by atoms with E-state index in [-0.39, 0.29) is 6.10 Å². The van der Waals surface area contributed by atoms with Gasteiger partial charge in [0.15, 0.2) is 0 Å². The third-order valence-corrected chi connectivity index (χ3v) is 2.08. The molecule has 0 bridgehead atoms. The average Bonchev–Trinajstić information content (AvgIpc) is 2.03. The Morgan fingerprint density at radius 1 is 1.69 bits per heavy atom. The highest BCUT2D eigenvalue weighted by Crippen LogP contribution is 2.12. The average molecular weight is 245 g/mol. The molecule has 1 aromatic rings. The van der Waals surface area contributed by atoms with Crippen LogP contribution in [0.3, 0.4) is 0 Å². The van der Waals surface area contributed by atoms with E-state index in [2.05, 4.69) is 26.2 Å². The van der Waals surface area contributed by atoms with Gasteiger partial charge in [0.05, 0.1) is 6.10 Å². The molecule has 4 heteroatoms. The maximum Gasteiger partial charge on any atom is 0.127 e. The Morgan fingerprint density at radius 3 is 3.08 bits per heavy atom. The Hall–Kier alpha value is -0.610. The van der Waals surface area contributed by atoms with E-state index >= 15 is 0 Å². The van der Waals surface area contributed by atoms with E-state index in [4.69, 9.17) is 5.11 Å². The molecule has 0 aliphatic rings. The number of rotatable bonds is 4. The number of nitrogens with one attached hydrogen (secondary N) is 1. The zero-order valence-corrected chi connectivity index (χ0v) is 9.08. The summed E-state index contributed by atoms with van der Waals surface area (Å²) in [6.07, 6.45) is 2.20. The van der Waals surface area contributed by atoms with Gasteiger partial charge in [0.2, 0.25) is 0 Å². The largest absolute Gasteiger partial charge is 0.393 e. The molecule has 1 heterocycles. The molecular weight excluding hydrogens is 232 g/mol. The summed E-state index contributed by atoms with van der Waals surface area (Å²) in [5.74, 6) is 0.829. The van der Waals surface area contributed by atoms with Gasteiger partial charge in [-0.3, -0.25) is 0 Å². The van der Waals surface area contributed by atoms with Crippen LogP contribution in [0.25, 0.3) is 0 Å². The zero-order chi connectivity index (χ0) is 9.68. The molecule has 0 aromatic carbocycles. The molecule has 0 amide bonds. The molecule has 0 spiro atoms. The molecule has 1 rings (SSSR count). The van der Waals surface area contributed by atoms with Crippen molar-refractivity contribution in [2.75, 3.05) is 11.9 Å². The second kappa shape index (κ2) is 5.19. The number of aliphatic hydroxyl groups is 1. The summed E-state index contributed by atoms with van der Waals surface area (Å²) < 4.78 is 1.00. The van der Waals surface area contributed by atoms with Crippen LogP contribution in [0.15, 0.2) is 22.8 Å². The van der Waals surface area contributed by atoms with Crippen LogP contribution >= 0.6 is 15.9 Å². The first-order valence-electron chi connectivity index (χ1n) is 4.22. The first-order chi connectivity index (χ1) is 6.18. The fourth-order valence-corrected chi connectivity index (χ4v) is 1.25. The monoisotopic (exact) mass is 244 g/mol. The summed E-state index contributed by atoms with van der Waals surface area (Å²) in [4.78, 5) is 4.11. The topological polar surface area (TPSA) is 45.1 Å². The number of nitrogens with zero attached hydrogens (tertiary/aromatic N) is 1. The van der Waals surface area contributed by atoms with E-state index in [1.807, 2.05) is 12.1 Å². The summed E-state index contributed by atoms with van der Waals surface area (Å²) in [5.41, 5.74) is 0. The molecule has 1 aromatic heterocycles. The van der Waals surface area contributed by atoms with Crippen molar-refractivity contribution in [2.24, 2.45) is 0 Å². The Morgan fingerprint density at radius 2 is 2.46 bits per heavy atom. The molecule has 72 valence electrons. The highest BCUT2D eigenvalue weighted by molar-refractivity contribution is 9.10. The predicted molar refractivity (Wildman–Crippen MR) is 56.7 cm³/mol. The van der Waals surface area contributed by atoms with E-state index in [1.165, 1.54) is 0 Å². The molecule has 13 heavy (non-hydrogen) atoms. The molecule has 2 N–H and O–H groups in total. The van der Waals surface area contributed by atoms with Crippen molar-refractivity contribution in [3.8, 4) is 0 Å². The van der Waals surface area contributed by atoms with E-state index in [0.29, 0.717) is 0 Å². The number of pyridine rings is 1. The van der Waals surface area contributed by atoms with Crippen LogP contribution in [0.4, 0.5) is 5.82 Å². The van der Waals surface area contributed by atoms with Gasteiger partial charge in [0.1, 0.15) is 5.82 Å². The molecular formula is C9H13BrN2O. The van der Waals surface area contributed by atoms with E-state index in [1.54, 1.807) is 13.1 Å². The summed E-state index contributed by atoms with van der Waals surface area (Å²) in [5, 5.41) is 12.1. The third-order valence-electron chi connectivity index (χ3n) is 1.59. The van der Waals surface area contributed by atoms with Crippen LogP contribution < -0.4 is 5.32 Å². The maximum atomic E-state index is 9.02. The van der Waals surface area contributed by atoms with Gasteiger partial charge in [0, 0.05) is 17.2 Å². The molecule has 0 radical (unpaired) electrons.